The van der Waals surface area contributed by atoms with E-state index in [0.29, 0.717) is 44.9 Å². The average Bonchev–Trinajstić information content (AvgIpc) is 3.52. The van der Waals surface area contributed by atoms with Gasteiger partial charge in [0.25, 0.3) is 0 Å². The molecule has 7 heteroatoms. The van der Waals surface area contributed by atoms with E-state index in [2.05, 4.69) is 59.5 Å². The Morgan fingerprint density at radius 1 is 0.469 bits per heavy atom. The number of ether oxygens (including phenoxy) is 2. The zero-order chi connectivity index (χ0) is 44.2. The van der Waals surface area contributed by atoms with E-state index in [0.717, 1.165) is 67.2 Å². The number of nitrogens with zero attached hydrogens (tertiary/aromatic N) is 2. The first kappa shape index (κ1) is 40.6. The lowest BCUT2D eigenvalue weighted by Gasteiger charge is -2.17. The van der Waals surface area contributed by atoms with E-state index in [4.69, 9.17) is 9.47 Å². The van der Waals surface area contributed by atoms with Gasteiger partial charge in [0.05, 0.1) is 28.3 Å². The third-order valence-electron chi connectivity index (χ3n) is 10.6. The van der Waals surface area contributed by atoms with Gasteiger partial charge in [-0.15, -0.1) is 0 Å². The highest BCUT2D eigenvalue weighted by Crippen LogP contribution is 2.50. The Balaban J connectivity index is 1.25. The van der Waals surface area contributed by atoms with Gasteiger partial charge in [0.15, 0.2) is 0 Å². The van der Waals surface area contributed by atoms with Crippen LogP contribution in [0.2, 0.25) is 0 Å². The van der Waals surface area contributed by atoms with Crippen molar-refractivity contribution in [2.24, 2.45) is 0 Å². The van der Waals surface area contributed by atoms with Gasteiger partial charge in [0.2, 0.25) is 6.79 Å². The molecule has 0 radical (unpaired) electrons. The molecular weight excluding hydrogens is 802 g/mol. The molecule has 304 valence electrons. The topological polar surface area (TPSA) is 45.5 Å². The lowest BCUT2D eigenvalue weighted by atomic mass is 9.88. The van der Waals surface area contributed by atoms with Crippen molar-refractivity contribution in [3.8, 4) is 76.1 Å². The Morgan fingerprint density at radius 2 is 0.875 bits per heavy atom. The second-order valence-electron chi connectivity index (χ2n) is 15.1. The van der Waals surface area contributed by atoms with E-state index in [1.54, 1.807) is 24.3 Å². The van der Waals surface area contributed by atoms with Crippen molar-refractivity contribution in [1.29, 1.82) is 5.26 Å². The van der Waals surface area contributed by atoms with Crippen LogP contribution < -0.4 is 14.4 Å². The number of hydrogen-bond acceptors (Lipinski definition) is 4. The van der Waals surface area contributed by atoms with Gasteiger partial charge >= 0.3 is 6.18 Å². The maximum Gasteiger partial charge on any atom is 0.416 e. The molecule has 0 fully saturated rings. The van der Waals surface area contributed by atoms with Crippen LogP contribution in [0.4, 0.5) is 18.9 Å². The highest BCUT2D eigenvalue weighted by molar-refractivity contribution is 6.12. The predicted molar refractivity (Wildman–Crippen MR) is 247 cm³/mol. The maximum absolute atomic E-state index is 13.2. The number of anilines is 1. The maximum atomic E-state index is 13.2. The predicted octanol–water partition coefficient (Wildman–Crippen LogP) is 11.9. The van der Waals surface area contributed by atoms with Gasteiger partial charge in [0.1, 0.15) is 11.5 Å². The zero-order valence-electron chi connectivity index (χ0n) is 34.5. The first-order valence-corrected chi connectivity index (χ1v) is 20.1. The van der Waals surface area contributed by atoms with Crippen molar-refractivity contribution in [3.63, 3.8) is 0 Å². The third-order valence-corrected chi connectivity index (χ3v) is 10.6. The van der Waals surface area contributed by atoms with Crippen LogP contribution in [0.3, 0.4) is 0 Å². The molecule has 0 aliphatic carbocycles. The molecule has 1 heterocycles. The van der Waals surface area contributed by atoms with Crippen molar-refractivity contribution in [3.05, 3.63) is 207 Å². The molecule has 0 saturated carbocycles. The Hall–Kier alpha value is -8.80. The van der Waals surface area contributed by atoms with Crippen LogP contribution >= 0.6 is 0 Å². The van der Waals surface area contributed by atoms with Crippen LogP contribution in [0.1, 0.15) is 55.6 Å². The van der Waals surface area contributed by atoms with E-state index in [-0.39, 0.29) is 6.79 Å². The van der Waals surface area contributed by atoms with Gasteiger partial charge in [-0.2, -0.15) is 18.4 Å². The summed E-state index contributed by atoms with van der Waals surface area (Å²) >= 11 is 0. The summed E-state index contributed by atoms with van der Waals surface area (Å²) in [7, 11) is 4.00. The number of rotatable bonds is 1. The summed E-state index contributed by atoms with van der Waals surface area (Å²) in [6, 6.07) is 47.7. The summed E-state index contributed by atoms with van der Waals surface area (Å²) in [6.45, 7) is -0.116. The molecule has 0 spiro atoms. The normalized spacial score (nSPS) is 11.2. The fourth-order valence-corrected chi connectivity index (χ4v) is 7.36. The molecule has 0 atom stereocenters. The minimum absolute atomic E-state index is 0.116. The molecule has 4 nitrogen and oxygen atoms in total. The van der Waals surface area contributed by atoms with E-state index in [1.165, 1.54) is 12.1 Å². The SMILES string of the molecule is CN(C)c1ccc(C#Cc2ccc3c4c(c(C#Cc5ccccc5)cc3c2)OCOc2c(C#Cc3ccc(C#N)cc3)cc3cc(C#Cc5ccc(C(F)(F)F)cc5)ccc3c2-4)cc1. The van der Waals surface area contributed by atoms with Crippen LogP contribution in [0.15, 0.2) is 152 Å². The Bertz CT molecular complexity index is 3430. The molecule has 0 aromatic heterocycles. The fraction of sp³-hybridized carbons (Fsp3) is 0.0702. The molecule has 0 N–H and O–H groups in total. The van der Waals surface area contributed by atoms with Gasteiger partial charge < -0.3 is 14.4 Å². The Kier molecular flexibility index (Phi) is 11.0. The van der Waals surface area contributed by atoms with Crippen LogP contribution in [0, 0.1) is 58.7 Å². The Morgan fingerprint density at radius 3 is 1.34 bits per heavy atom. The van der Waals surface area contributed by atoms with Crippen molar-refractivity contribution in [1.82, 2.24) is 0 Å². The van der Waals surface area contributed by atoms with Gasteiger partial charge in [-0.3, -0.25) is 0 Å². The van der Waals surface area contributed by atoms with Gasteiger partial charge in [0, 0.05) is 64.3 Å². The summed E-state index contributed by atoms with van der Waals surface area (Å²) in [5.74, 6) is 27.2. The Labute approximate surface area is 369 Å². The largest absolute Gasteiger partial charge is 0.456 e. The molecule has 1 aliphatic heterocycles. The van der Waals surface area contributed by atoms with Gasteiger partial charge in [-0.25, -0.2) is 0 Å². The van der Waals surface area contributed by atoms with E-state index >= 15 is 0 Å². The number of fused-ring (bicyclic) bond motifs is 7. The van der Waals surface area contributed by atoms with Crippen molar-refractivity contribution < 1.29 is 22.6 Å². The zero-order valence-corrected chi connectivity index (χ0v) is 34.5. The summed E-state index contributed by atoms with van der Waals surface area (Å²) < 4.78 is 52.8. The summed E-state index contributed by atoms with van der Waals surface area (Å²) in [5, 5.41) is 12.8. The summed E-state index contributed by atoms with van der Waals surface area (Å²) in [4.78, 5) is 2.04. The molecule has 8 aromatic carbocycles. The molecule has 0 saturated heterocycles. The molecule has 1 aliphatic rings. The highest BCUT2D eigenvalue weighted by Gasteiger charge is 2.30. The summed E-state index contributed by atoms with van der Waals surface area (Å²) in [5.41, 5.74) is 8.03. The average molecular weight is 835 g/mol. The standard InChI is InChI=1S/C57H33F3N2O2/c1-62(2)50-28-20-41(21-29-50)9-13-43-23-31-51-47(33-43)34-45(24-16-38-6-4-3-5-7-38)55-53(51)54-52-30-22-42(12-8-40-18-26-49(27-19-40)57(58,59)60)32-48(52)35-46(56(54)64-37-63-55)25-17-39-10-14-44(36-61)15-11-39/h3-7,10-11,14-15,18-23,26-35H,37H2,1-2H3. The molecular formula is C57H33F3N2O2. The first-order valence-electron chi connectivity index (χ1n) is 20.1. The molecule has 0 bridgehead atoms. The minimum Gasteiger partial charge on any atom is -0.456 e. The highest BCUT2D eigenvalue weighted by atomic mass is 19.4. The number of benzene rings is 8. The van der Waals surface area contributed by atoms with Gasteiger partial charge in [-0.05, 0) is 143 Å². The smallest absolute Gasteiger partial charge is 0.416 e. The molecule has 0 unspecified atom stereocenters. The van der Waals surface area contributed by atoms with Crippen molar-refractivity contribution in [2.45, 2.75) is 6.18 Å². The molecule has 64 heavy (non-hydrogen) atoms. The third kappa shape index (κ3) is 8.68. The van der Waals surface area contributed by atoms with Crippen LogP contribution in [0.5, 0.6) is 11.5 Å². The molecule has 0 amide bonds. The number of alkyl halides is 3. The van der Waals surface area contributed by atoms with E-state index in [1.807, 2.05) is 116 Å². The van der Waals surface area contributed by atoms with Crippen LogP contribution in [0.25, 0.3) is 32.7 Å². The summed E-state index contributed by atoms with van der Waals surface area (Å²) in [6.07, 6.45) is -4.44. The quantitative estimate of drug-likeness (QED) is 0.155. The van der Waals surface area contributed by atoms with Crippen molar-refractivity contribution in [2.75, 3.05) is 25.8 Å². The second-order valence-corrected chi connectivity index (χ2v) is 15.1. The number of hydrogen-bond donors (Lipinski definition) is 0. The number of halogens is 3. The molecule has 9 rings (SSSR count). The van der Waals surface area contributed by atoms with Gasteiger partial charge in [-0.1, -0.05) is 77.7 Å². The number of nitriles is 1. The van der Waals surface area contributed by atoms with Crippen molar-refractivity contribution >= 4 is 27.2 Å². The van der Waals surface area contributed by atoms with E-state index < -0.39 is 11.7 Å². The second kappa shape index (κ2) is 17.3. The first-order chi connectivity index (χ1) is 31.1. The fourth-order valence-electron chi connectivity index (χ4n) is 7.36. The van der Waals surface area contributed by atoms with Crippen LogP contribution in [-0.2, 0) is 6.18 Å². The van der Waals surface area contributed by atoms with Crippen LogP contribution in [-0.4, -0.2) is 20.9 Å². The monoisotopic (exact) mass is 834 g/mol. The van der Waals surface area contributed by atoms with E-state index in [9.17, 15) is 18.4 Å². The lowest BCUT2D eigenvalue weighted by molar-refractivity contribution is -0.137. The lowest BCUT2D eigenvalue weighted by Crippen LogP contribution is -2.07. The molecule has 8 aromatic rings. The minimum atomic E-state index is -4.44.